The lowest BCUT2D eigenvalue weighted by Gasteiger charge is -2.17. The topological polar surface area (TPSA) is 83.4 Å². The lowest BCUT2D eigenvalue weighted by atomic mass is 10.00. The van der Waals surface area contributed by atoms with Crippen molar-refractivity contribution in [1.29, 1.82) is 0 Å². The van der Waals surface area contributed by atoms with Crippen molar-refractivity contribution in [3.63, 3.8) is 0 Å². The van der Waals surface area contributed by atoms with E-state index in [1.807, 2.05) is 49.4 Å². The van der Waals surface area contributed by atoms with Gasteiger partial charge in [-0.1, -0.05) is 42.5 Å². The fourth-order valence-electron chi connectivity index (χ4n) is 2.78. The first kappa shape index (κ1) is 17.5. The summed E-state index contributed by atoms with van der Waals surface area (Å²) in [5.41, 5.74) is 1.03. The molecule has 3 N–H and O–H groups in total. The standard InChI is InChI=1S/C20H21N3O3/c1-14(17-10-4-7-15-6-2-3-9-18(15)17)23-20(25)22-13-19(24)21-12-16-8-5-11-26-16/h2-11,14H,12-13H2,1H3,(H,21,24)(H2,22,23,25). The van der Waals surface area contributed by atoms with Crippen molar-refractivity contribution in [2.24, 2.45) is 0 Å². The van der Waals surface area contributed by atoms with Gasteiger partial charge in [0.15, 0.2) is 0 Å². The predicted molar refractivity (Wildman–Crippen MR) is 99.5 cm³/mol. The van der Waals surface area contributed by atoms with Crippen LogP contribution in [0.1, 0.15) is 24.3 Å². The molecule has 6 nitrogen and oxygen atoms in total. The van der Waals surface area contributed by atoms with Gasteiger partial charge in [0.25, 0.3) is 0 Å². The molecule has 3 aromatic rings. The molecular weight excluding hydrogens is 330 g/mol. The van der Waals surface area contributed by atoms with Crippen molar-refractivity contribution in [3.05, 3.63) is 72.2 Å². The molecule has 3 rings (SSSR count). The maximum atomic E-state index is 12.1. The molecule has 0 spiro atoms. The number of carbonyl (C=O) groups excluding carboxylic acids is 2. The zero-order valence-electron chi connectivity index (χ0n) is 14.5. The van der Waals surface area contributed by atoms with Gasteiger partial charge in [0.05, 0.1) is 25.4 Å². The van der Waals surface area contributed by atoms with Gasteiger partial charge in [-0.15, -0.1) is 0 Å². The van der Waals surface area contributed by atoms with Gasteiger partial charge >= 0.3 is 6.03 Å². The quantitative estimate of drug-likeness (QED) is 0.638. The van der Waals surface area contributed by atoms with Crippen LogP contribution in [0, 0.1) is 0 Å². The summed E-state index contributed by atoms with van der Waals surface area (Å²) in [6.45, 7) is 2.11. The zero-order chi connectivity index (χ0) is 18.4. The molecular formula is C20H21N3O3. The molecule has 0 fully saturated rings. The van der Waals surface area contributed by atoms with Crippen molar-refractivity contribution in [1.82, 2.24) is 16.0 Å². The number of rotatable bonds is 6. The van der Waals surface area contributed by atoms with Crippen molar-refractivity contribution < 1.29 is 14.0 Å². The lowest BCUT2D eigenvalue weighted by molar-refractivity contribution is -0.120. The summed E-state index contributed by atoms with van der Waals surface area (Å²) in [6, 6.07) is 17.0. The molecule has 1 atom stereocenters. The fourth-order valence-corrected chi connectivity index (χ4v) is 2.78. The minimum atomic E-state index is -0.390. The van der Waals surface area contributed by atoms with Crippen LogP contribution in [0.25, 0.3) is 10.8 Å². The molecule has 1 heterocycles. The Labute approximate surface area is 151 Å². The number of amides is 3. The molecule has 0 aliphatic rings. The number of nitrogens with one attached hydrogen (secondary N) is 3. The smallest absolute Gasteiger partial charge is 0.315 e. The van der Waals surface area contributed by atoms with Crippen molar-refractivity contribution in [2.75, 3.05) is 6.54 Å². The fraction of sp³-hybridized carbons (Fsp3) is 0.200. The zero-order valence-corrected chi connectivity index (χ0v) is 14.5. The highest BCUT2D eigenvalue weighted by Crippen LogP contribution is 2.23. The van der Waals surface area contributed by atoms with E-state index in [9.17, 15) is 9.59 Å². The van der Waals surface area contributed by atoms with Crippen LogP contribution in [-0.4, -0.2) is 18.5 Å². The maximum Gasteiger partial charge on any atom is 0.315 e. The number of carbonyl (C=O) groups is 2. The minimum Gasteiger partial charge on any atom is -0.467 e. The van der Waals surface area contributed by atoms with Gasteiger partial charge in [-0.2, -0.15) is 0 Å². The first-order valence-corrected chi connectivity index (χ1v) is 8.44. The van der Waals surface area contributed by atoms with E-state index in [0.29, 0.717) is 12.3 Å². The van der Waals surface area contributed by atoms with Crippen LogP contribution in [0.5, 0.6) is 0 Å². The number of furan rings is 1. The molecule has 6 heteroatoms. The first-order chi connectivity index (χ1) is 12.6. The van der Waals surface area contributed by atoms with Crippen LogP contribution < -0.4 is 16.0 Å². The average molecular weight is 351 g/mol. The summed E-state index contributed by atoms with van der Waals surface area (Å²) in [6.07, 6.45) is 1.54. The second kappa shape index (κ2) is 8.20. The normalized spacial score (nSPS) is 11.7. The lowest BCUT2D eigenvalue weighted by Crippen LogP contribution is -2.42. The van der Waals surface area contributed by atoms with Gasteiger partial charge in [0.2, 0.25) is 5.91 Å². The molecule has 0 saturated heterocycles. The summed E-state index contributed by atoms with van der Waals surface area (Å²) < 4.78 is 5.13. The number of fused-ring (bicyclic) bond motifs is 1. The summed E-state index contributed by atoms with van der Waals surface area (Å²) in [5.74, 6) is 0.377. The van der Waals surface area contributed by atoms with Crippen molar-refractivity contribution in [3.8, 4) is 0 Å². The molecule has 0 saturated carbocycles. The Kier molecular flexibility index (Phi) is 5.53. The van der Waals surface area contributed by atoms with E-state index in [1.165, 1.54) is 0 Å². The molecule has 0 bridgehead atoms. The van der Waals surface area contributed by atoms with Crippen LogP contribution in [-0.2, 0) is 11.3 Å². The summed E-state index contributed by atoms with van der Waals surface area (Å²) in [7, 11) is 0. The highest BCUT2D eigenvalue weighted by Gasteiger charge is 2.13. The Balaban J connectivity index is 1.50. The Bertz CT molecular complexity index is 885. The Hall–Kier alpha value is -3.28. The van der Waals surface area contributed by atoms with Crippen LogP contribution in [0.15, 0.2) is 65.3 Å². The van der Waals surface area contributed by atoms with Crippen LogP contribution in [0.4, 0.5) is 4.79 Å². The van der Waals surface area contributed by atoms with Crippen LogP contribution in [0.2, 0.25) is 0 Å². The van der Waals surface area contributed by atoms with Gasteiger partial charge in [0.1, 0.15) is 5.76 Å². The van der Waals surface area contributed by atoms with Gasteiger partial charge in [-0.3, -0.25) is 4.79 Å². The van der Waals surface area contributed by atoms with Crippen molar-refractivity contribution >= 4 is 22.7 Å². The highest BCUT2D eigenvalue weighted by atomic mass is 16.3. The third-order valence-electron chi connectivity index (χ3n) is 4.09. The molecule has 134 valence electrons. The summed E-state index contributed by atoms with van der Waals surface area (Å²) in [4.78, 5) is 23.9. The van der Waals surface area contributed by atoms with E-state index in [0.717, 1.165) is 16.3 Å². The number of hydrogen-bond acceptors (Lipinski definition) is 3. The Morgan fingerprint density at radius 1 is 1.00 bits per heavy atom. The third kappa shape index (κ3) is 4.42. The molecule has 2 aromatic carbocycles. The number of urea groups is 1. The molecule has 3 amide bonds. The molecule has 1 unspecified atom stereocenters. The second-order valence-electron chi connectivity index (χ2n) is 5.97. The van der Waals surface area contributed by atoms with Gasteiger partial charge in [-0.25, -0.2) is 4.79 Å². The van der Waals surface area contributed by atoms with E-state index in [-0.39, 0.29) is 18.5 Å². The minimum absolute atomic E-state index is 0.102. The largest absolute Gasteiger partial charge is 0.467 e. The number of benzene rings is 2. The highest BCUT2D eigenvalue weighted by molar-refractivity contribution is 5.87. The van der Waals surface area contributed by atoms with E-state index >= 15 is 0 Å². The van der Waals surface area contributed by atoms with Crippen LogP contribution in [0.3, 0.4) is 0 Å². The third-order valence-corrected chi connectivity index (χ3v) is 4.09. The maximum absolute atomic E-state index is 12.1. The second-order valence-corrected chi connectivity index (χ2v) is 5.97. The van der Waals surface area contributed by atoms with Gasteiger partial charge in [0, 0.05) is 0 Å². The molecule has 0 aliphatic heterocycles. The summed E-state index contributed by atoms with van der Waals surface area (Å²) in [5, 5.41) is 10.3. The molecule has 0 aliphatic carbocycles. The number of hydrogen-bond donors (Lipinski definition) is 3. The van der Waals surface area contributed by atoms with E-state index in [4.69, 9.17) is 4.42 Å². The van der Waals surface area contributed by atoms with Gasteiger partial charge in [-0.05, 0) is 35.4 Å². The van der Waals surface area contributed by atoms with Gasteiger partial charge < -0.3 is 20.4 Å². The first-order valence-electron chi connectivity index (χ1n) is 8.44. The van der Waals surface area contributed by atoms with Crippen molar-refractivity contribution in [2.45, 2.75) is 19.5 Å². The molecule has 0 radical (unpaired) electrons. The van der Waals surface area contributed by atoms with E-state index < -0.39 is 6.03 Å². The van der Waals surface area contributed by atoms with E-state index in [2.05, 4.69) is 16.0 Å². The predicted octanol–water partition coefficient (Wildman–Crippen LogP) is 3.11. The SMILES string of the molecule is CC(NC(=O)NCC(=O)NCc1ccco1)c1cccc2ccccc12. The Morgan fingerprint density at radius 2 is 1.81 bits per heavy atom. The van der Waals surface area contributed by atoms with Crippen LogP contribution >= 0.6 is 0 Å². The summed E-state index contributed by atoms with van der Waals surface area (Å²) >= 11 is 0. The van der Waals surface area contributed by atoms with E-state index in [1.54, 1.807) is 18.4 Å². The monoisotopic (exact) mass is 351 g/mol. The molecule has 1 aromatic heterocycles. The molecule has 26 heavy (non-hydrogen) atoms. The average Bonchev–Trinajstić information content (AvgIpc) is 3.18. The Morgan fingerprint density at radius 3 is 2.62 bits per heavy atom.